The fourth-order valence-corrected chi connectivity index (χ4v) is 5.87. The first-order valence-electron chi connectivity index (χ1n) is 10.4. The molecule has 2 N–H and O–H groups in total. The van der Waals surface area contributed by atoms with E-state index >= 15 is 0 Å². The number of aromatic amines is 1. The van der Waals surface area contributed by atoms with Crippen molar-refractivity contribution < 1.29 is 4.79 Å². The van der Waals surface area contributed by atoms with Crippen molar-refractivity contribution in [3.05, 3.63) is 74.7 Å². The van der Waals surface area contributed by atoms with Gasteiger partial charge in [0, 0.05) is 11.4 Å². The first-order valence-corrected chi connectivity index (χ1v) is 12.4. The number of aromatic nitrogens is 5. The van der Waals surface area contributed by atoms with Crippen LogP contribution in [0.2, 0.25) is 0 Å². The summed E-state index contributed by atoms with van der Waals surface area (Å²) in [6.45, 7) is 1.14. The third-order valence-corrected chi connectivity index (χ3v) is 7.55. The molecule has 3 aromatic heterocycles. The van der Waals surface area contributed by atoms with Gasteiger partial charge in [0.1, 0.15) is 23.3 Å². The Morgan fingerprint density at radius 3 is 2.88 bits per heavy atom. The van der Waals surface area contributed by atoms with Crippen LogP contribution in [-0.4, -0.2) is 36.4 Å². The minimum absolute atomic E-state index is 0.0415. The summed E-state index contributed by atoms with van der Waals surface area (Å²) in [6.07, 6.45) is 6.34. The maximum Gasteiger partial charge on any atom is 0.259 e. The predicted molar refractivity (Wildman–Crippen MR) is 126 cm³/mol. The summed E-state index contributed by atoms with van der Waals surface area (Å²) in [6, 6.07) is 8.05. The Morgan fingerprint density at radius 2 is 2.06 bits per heavy atom. The summed E-state index contributed by atoms with van der Waals surface area (Å²) >= 11 is 3.08. The number of aryl methyl sites for hydroxylation is 2. The van der Waals surface area contributed by atoms with Gasteiger partial charge in [0.05, 0.1) is 23.4 Å². The number of H-pyrrole nitrogens is 1. The van der Waals surface area contributed by atoms with Crippen LogP contribution >= 0.6 is 23.1 Å². The predicted octanol–water partition coefficient (Wildman–Crippen LogP) is 2.66. The average Bonchev–Trinajstić information content (AvgIpc) is 3.51. The average molecular weight is 467 g/mol. The second-order valence-electron chi connectivity index (χ2n) is 7.73. The zero-order chi connectivity index (χ0) is 21.9. The van der Waals surface area contributed by atoms with Crippen LogP contribution < -0.4 is 10.9 Å². The number of carbonyl (C=O) groups excluding carboxylic acids is 1. The van der Waals surface area contributed by atoms with Gasteiger partial charge in [-0.3, -0.25) is 9.59 Å². The number of benzene rings is 1. The number of hydrogen-bond donors (Lipinski definition) is 2. The quantitative estimate of drug-likeness (QED) is 0.414. The van der Waals surface area contributed by atoms with Crippen LogP contribution in [0.1, 0.15) is 33.8 Å². The van der Waals surface area contributed by atoms with Crippen molar-refractivity contribution in [3.8, 4) is 0 Å². The molecule has 0 saturated heterocycles. The van der Waals surface area contributed by atoms with E-state index in [2.05, 4.69) is 25.4 Å². The molecule has 5 rings (SSSR count). The fourth-order valence-electron chi connectivity index (χ4n) is 3.87. The number of thiophene rings is 1. The van der Waals surface area contributed by atoms with Gasteiger partial charge in [-0.1, -0.05) is 24.3 Å². The number of nitrogens with one attached hydrogen (secondary N) is 2. The van der Waals surface area contributed by atoms with Gasteiger partial charge in [0.2, 0.25) is 5.91 Å². The molecule has 0 bridgehead atoms. The lowest BCUT2D eigenvalue weighted by Gasteiger charge is -2.07. The standard InChI is InChI=1S/C22H22N6O2S2/c29-19(24-8-14-4-6-15(7-5-14)9-28-13-23-12-25-28)11-31-10-18-26-21(30)20-16-2-1-3-17(16)32-22(20)27-18/h4-7,12-13H,1-3,8-11H2,(H,24,29)(H,26,27,30). The Labute approximate surface area is 192 Å². The molecule has 3 heterocycles. The monoisotopic (exact) mass is 466 g/mol. The molecule has 32 heavy (non-hydrogen) atoms. The van der Waals surface area contributed by atoms with Crippen molar-refractivity contribution in [2.75, 3.05) is 5.75 Å². The molecule has 0 radical (unpaired) electrons. The van der Waals surface area contributed by atoms with Crippen molar-refractivity contribution in [3.63, 3.8) is 0 Å². The molecule has 0 fully saturated rings. The van der Waals surface area contributed by atoms with Gasteiger partial charge >= 0.3 is 0 Å². The molecule has 1 aliphatic rings. The molecule has 0 atom stereocenters. The van der Waals surface area contributed by atoms with E-state index in [1.807, 2.05) is 24.3 Å². The summed E-state index contributed by atoms with van der Waals surface area (Å²) < 4.78 is 1.76. The van der Waals surface area contributed by atoms with E-state index in [1.165, 1.54) is 28.5 Å². The van der Waals surface area contributed by atoms with Gasteiger partial charge in [-0.2, -0.15) is 5.10 Å². The largest absolute Gasteiger partial charge is 0.351 e. The molecule has 10 heteroatoms. The van der Waals surface area contributed by atoms with E-state index in [0.29, 0.717) is 30.4 Å². The third kappa shape index (κ3) is 4.61. The molecule has 4 aromatic rings. The highest BCUT2D eigenvalue weighted by atomic mass is 32.2. The van der Waals surface area contributed by atoms with Gasteiger partial charge in [-0.05, 0) is 36.0 Å². The van der Waals surface area contributed by atoms with Crippen LogP contribution in [0.3, 0.4) is 0 Å². The zero-order valence-electron chi connectivity index (χ0n) is 17.3. The first kappa shape index (κ1) is 20.9. The van der Waals surface area contributed by atoms with E-state index in [9.17, 15) is 9.59 Å². The maximum atomic E-state index is 12.5. The molecular formula is C22H22N6O2S2. The molecule has 0 unspecified atom stereocenters. The molecule has 0 spiro atoms. The van der Waals surface area contributed by atoms with Crippen LogP contribution in [0, 0.1) is 0 Å². The summed E-state index contributed by atoms with van der Waals surface area (Å²) in [5, 5.41) is 7.80. The van der Waals surface area contributed by atoms with E-state index in [0.717, 1.165) is 40.6 Å². The number of carbonyl (C=O) groups is 1. The lowest BCUT2D eigenvalue weighted by Crippen LogP contribution is -2.24. The minimum Gasteiger partial charge on any atom is -0.351 e. The topological polar surface area (TPSA) is 106 Å². The summed E-state index contributed by atoms with van der Waals surface area (Å²) in [4.78, 5) is 38.3. The molecule has 1 aromatic carbocycles. The van der Waals surface area contributed by atoms with Gasteiger partial charge in [0.25, 0.3) is 5.56 Å². The van der Waals surface area contributed by atoms with Crippen molar-refractivity contribution in [1.82, 2.24) is 30.0 Å². The van der Waals surface area contributed by atoms with E-state index in [-0.39, 0.29) is 11.5 Å². The molecular weight excluding hydrogens is 444 g/mol. The van der Waals surface area contributed by atoms with Gasteiger partial charge in [-0.25, -0.2) is 14.6 Å². The van der Waals surface area contributed by atoms with Crippen molar-refractivity contribution in [1.29, 1.82) is 0 Å². The third-order valence-electron chi connectivity index (χ3n) is 5.42. The number of nitrogens with zero attached hydrogens (tertiary/aromatic N) is 4. The minimum atomic E-state index is -0.0540. The summed E-state index contributed by atoms with van der Waals surface area (Å²) in [7, 11) is 0. The molecule has 8 nitrogen and oxygen atoms in total. The van der Waals surface area contributed by atoms with E-state index in [4.69, 9.17) is 0 Å². The highest BCUT2D eigenvalue weighted by Crippen LogP contribution is 2.34. The second-order valence-corrected chi connectivity index (χ2v) is 9.80. The highest BCUT2D eigenvalue weighted by Gasteiger charge is 2.21. The summed E-state index contributed by atoms with van der Waals surface area (Å²) in [5.41, 5.74) is 3.29. The van der Waals surface area contributed by atoms with Crippen LogP contribution in [0.15, 0.2) is 41.7 Å². The molecule has 1 aliphatic carbocycles. The Hall–Kier alpha value is -2.98. The number of rotatable bonds is 8. The van der Waals surface area contributed by atoms with Crippen LogP contribution in [0.5, 0.6) is 0 Å². The Bertz CT molecular complexity index is 1290. The molecule has 1 amide bonds. The lowest BCUT2D eigenvalue weighted by atomic mass is 10.1. The number of fused-ring (bicyclic) bond motifs is 3. The SMILES string of the molecule is O=C(CSCc1nc2sc3c(c2c(=O)[nH]1)CCC3)NCc1ccc(Cn2cncn2)cc1. The Kier molecular flexibility index (Phi) is 6.04. The van der Waals surface area contributed by atoms with E-state index in [1.54, 1.807) is 22.3 Å². The Balaban J connectivity index is 1.10. The van der Waals surface area contributed by atoms with Crippen LogP contribution in [-0.2, 0) is 36.5 Å². The number of amides is 1. The van der Waals surface area contributed by atoms with E-state index < -0.39 is 0 Å². The zero-order valence-corrected chi connectivity index (χ0v) is 19.0. The van der Waals surface area contributed by atoms with Gasteiger partial charge < -0.3 is 10.3 Å². The second kappa shape index (κ2) is 9.25. The number of hydrogen-bond acceptors (Lipinski definition) is 7. The fraction of sp³-hybridized carbons (Fsp3) is 0.318. The van der Waals surface area contributed by atoms with Crippen molar-refractivity contribution in [2.45, 2.75) is 38.1 Å². The smallest absolute Gasteiger partial charge is 0.259 e. The summed E-state index contributed by atoms with van der Waals surface area (Å²) in [5.74, 6) is 1.40. The molecule has 0 aliphatic heterocycles. The highest BCUT2D eigenvalue weighted by molar-refractivity contribution is 7.99. The molecule has 164 valence electrons. The van der Waals surface area contributed by atoms with Crippen molar-refractivity contribution >= 4 is 39.2 Å². The maximum absolute atomic E-state index is 12.5. The van der Waals surface area contributed by atoms with Gasteiger partial charge in [0.15, 0.2) is 0 Å². The van der Waals surface area contributed by atoms with Crippen LogP contribution in [0.4, 0.5) is 0 Å². The molecule has 0 saturated carbocycles. The number of thioether (sulfide) groups is 1. The Morgan fingerprint density at radius 1 is 1.22 bits per heavy atom. The lowest BCUT2D eigenvalue weighted by molar-refractivity contribution is -0.118. The normalized spacial score (nSPS) is 12.9. The van der Waals surface area contributed by atoms with Gasteiger partial charge in [-0.15, -0.1) is 23.1 Å². The van der Waals surface area contributed by atoms with Crippen LogP contribution in [0.25, 0.3) is 10.2 Å². The first-order chi connectivity index (χ1) is 15.7. The van der Waals surface area contributed by atoms with Crippen molar-refractivity contribution in [2.24, 2.45) is 0 Å².